The molecule has 1 atom stereocenters. The van der Waals surface area contributed by atoms with Crippen molar-refractivity contribution < 1.29 is 9.47 Å². The topological polar surface area (TPSA) is 43.4 Å². The normalized spacial score (nSPS) is 12.0. The molecule has 0 spiro atoms. The molecule has 5 heteroatoms. The number of benzene rings is 1. The summed E-state index contributed by atoms with van der Waals surface area (Å²) in [6.45, 7) is 0. The fourth-order valence-electron chi connectivity index (χ4n) is 2.15. The van der Waals surface area contributed by atoms with E-state index in [2.05, 4.69) is 10.3 Å². The van der Waals surface area contributed by atoms with E-state index in [9.17, 15) is 0 Å². The van der Waals surface area contributed by atoms with Crippen molar-refractivity contribution in [2.24, 2.45) is 0 Å². The van der Waals surface area contributed by atoms with Crippen LogP contribution in [0.5, 0.6) is 11.5 Å². The molecule has 0 aliphatic heterocycles. The molecule has 0 amide bonds. The first-order valence-corrected chi connectivity index (χ1v) is 6.57. The Balaban J connectivity index is 2.45. The van der Waals surface area contributed by atoms with E-state index in [1.807, 2.05) is 31.3 Å². The van der Waals surface area contributed by atoms with Crippen molar-refractivity contribution in [3.63, 3.8) is 0 Å². The van der Waals surface area contributed by atoms with Crippen molar-refractivity contribution in [3.05, 3.63) is 52.8 Å². The largest absolute Gasteiger partial charge is 0.493 e. The zero-order chi connectivity index (χ0) is 14.5. The quantitative estimate of drug-likeness (QED) is 0.920. The Morgan fingerprint density at radius 1 is 1.15 bits per heavy atom. The van der Waals surface area contributed by atoms with Gasteiger partial charge in [0.15, 0.2) is 11.5 Å². The van der Waals surface area contributed by atoms with Gasteiger partial charge in [0.2, 0.25) is 0 Å². The lowest BCUT2D eigenvalue weighted by Gasteiger charge is -2.19. The van der Waals surface area contributed by atoms with E-state index in [1.54, 1.807) is 26.6 Å². The summed E-state index contributed by atoms with van der Waals surface area (Å²) in [4.78, 5) is 4.01. The molecule has 0 radical (unpaired) electrons. The van der Waals surface area contributed by atoms with E-state index in [0.717, 1.165) is 11.1 Å². The number of rotatable bonds is 5. The van der Waals surface area contributed by atoms with Gasteiger partial charge < -0.3 is 14.8 Å². The van der Waals surface area contributed by atoms with Crippen molar-refractivity contribution in [1.82, 2.24) is 10.3 Å². The summed E-state index contributed by atoms with van der Waals surface area (Å²) < 4.78 is 10.6. The van der Waals surface area contributed by atoms with E-state index >= 15 is 0 Å². The smallest absolute Gasteiger partial charge is 0.161 e. The van der Waals surface area contributed by atoms with Crippen LogP contribution < -0.4 is 14.8 Å². The molecule has 2 aromatic rings. The van der Waals surface area contributed by atoms with Gasteiger partial charge in [0.05, 0.1) is 25.3 Å². The first-order valence-electron chi connectivity index (χ1n) is 6.19. The summed E-state index contributed by atoms with van der Waals surface area (Å²) in [5.41, 5.74) is 2.01. The number of halogens is 1. The van der Waals surface area contributed by atoms with Crippen LogP contribution in [0.25, 0.3) is 0 Å². The molecular formula is C15H17ClN2O2. The third-order valence-corrected chi connectivity index (χ3v) is 3.46. The highest BCUT2D eigenvalue weighted by Crippen LogP contribution is 2.33. The lowest BCUT2D eigenvalue weighted by atomic mass is 9.99. The van der Waals surface area contributed by atoms with Crippen molar-refractivity contribution in [2.75, 3.05) is 21.3 Å². The summed E-state index contributed by atoms with van der Waals surface area (Å²) >= 11 is 6.22. The predicted octanol–water partition coefficient (Wildman–Crippen LogP) is 3.06. The monoisotopic (exact) mass is 292 g/mol. The first kappa shape index (κ1) is 14.6. The van der Waals surface area contributed by atoms with Crippen LogP contribution in [0.1, 0.15) is 17.2 Å². The molecular weight excluding hydrogens is 276 g/mol. The number of aromatic nitrogens is 1. The van der Waals surface area contributed by atoms with Gasteiger partial charge in [-0.05, 0) is 36.4 Å². The summed E-state index contributed by atoms with van der Waals surface area (Å²) in [7, 11) is 5.13. The molecule has 1 heterocycles. The number of methoxy groups -OCH3 is 2. The Labute approximate surface area is 123 Å². The Morgan fingerprint density at radius 2 is 1.90 bits per heavy atom. The van der Waals surface area contributed by atoms with Crippen molar-refractivity contribution in [1.29, 1.82) is 0 Å². The molecule has 1 aromatic heterocycles. The number of hydrogen-bond acceptors (Lipinski definition) is 4. The molecule has 1 N–H and O–H groups in total. The number of pyridine rings is 1. The molecule has 106 valence electrons. The average molecular weight is 293 g/mol. The lowest BCUT2D eigenvalue weighted by molar-refractivity contribution is 0.354. The van der Waals surface area contributed by atoms with Gasteiger partial charge in [-0.2, -0.15) is 0 Å². The highest BCUT2D eigenvalue weighted by Gasteiger charge is 2.17. The molecule has 0 fully saturated rings. The second-order valence-electron chi connectivity index (χ2n) is 4.23. The van der Waals surface area contributed by atoms with Crippen LogP contribution in [-0.4, -0.2) is 26.3 Å². The number of hydrogen-bond donors (Lipinski definition) is 1. The van der Waals surface area contributed by atoms with Crippen molar-refractivity contribution in [3.8, 4) is 11.5 Å². The van der Waals surface area contributed by atoms with E-state index in [-0.39, 0.29) is 6.04 Å². The molecule has 2 rings (SSSR count). The van der Waals surface area contributed by atoms with E-state index < -0.39 is 0 Å². The number of nitrogens with zero attached hydrogens (tertiary/aromatic N) is 1. The fourth-order valence-corrected chi connectivity index (χ4v) is 2.38. The van der Waals surface area contributed by atoms with Crippen LogP contribution in [0.15, 0.2) is 36.7 Å². The molecule has 20 heavy (non-hydrogen) atoms. The molecule has 4 nitrogen and oxygen atoms in total. The van der Waals surface area contributed by atoms with Crippen LogP contribution in [0.3, 0.4) is 0 Å². The van der Waals surface area contributed by atoms with Crippen molar-refractivity contribution >= 4 is 11.6 Å². The summed E-state index contributed by atoms with van der Waals surface area (Å²) in [6.07, 6.45) is 3.37. The second-order valence-corrected chi connectivity index (χ2v) is 4.64. The highest BCUT2D eigenvalue weighted by atomic mass is 35.5. The van der Waals surface area contributed by atoms with Crippen LogP contribution in [0, 0.1) is 0 Å². The summed E-state index contributed by atoms with van der Waals surface area (Å²) in [6, 6.07) is 7.68. The maximum atomic E-state index is 6.22. The van der Waals surface area contributed by atoms with E-state index in [0.29, 0.717) is 16.5 Å². The van der Waals surface area contributed by atoms with Crippen LogP contribution in [0.2, 0.25) is 5.02 Å². The highest BCUT2D eigenvalue weighted by molar-refractivity contribution is 6.31. The Kier molecular flexibility index (Phi) is 4.82. The Hall–Kier alpha value is -1.78. The minimum atomic E-state index is -0.0368. The minimum absolute atomic E-state index is 0.0368. The number of ether oxygens (including phenoxy) is 2. The maximum Gasteiger partial charge on any atom is 0.161 e. The van der Waals surface area contributed by atoms with Crippen LogP contribution >= 0.6 is 11.6 Å². The molecule has 0 saturated carbocycles. The molecule has 0 aliphatic rings. The fraction of sp³-hybridized carbons (Fsp3) is 0.267. The van der Waals surface area contributed by atoms with Gasteiger partial charge in [-0.25, -0.2) is 0 Å². The van der Waals surface area contributed by atoms with E-state index in [4.69, 9.17) is 21.1 Å². The third kappa shape index (κ3) is 2.86. The zero-order valence-electron chi connectivity index (χ0n) is 11.7. The van der Waals surface area contributed by atoms with Gasteiger partial charge in [0.25, 0.3) is 0 Å². The second kappa shape index (κ2) is 6.59. The molecule has 0 aliphatic carbocycles. The third-order valence-electron chi connectivity index (χ3n) is 3.14. The van der Waals surface area contributed by atoms with Gasteiger partial charge in [0, 0.05) is 12.4 Å². The summed E-state index contributed by atoms with van der Waals surface area (Å²) in [5, 5.41) is 3.88. The molecule has 0 bridgehead atoms. The van der Waals surface area contributed by atoms with Gasteiger partial charge in [-0.15, -0.1) is 0 Å². The standard InChI is InChI=1S/C15H17ClN2O2/c1-17-15(11-6-7-18-9-12(11)16)10-4-5-13(19-2)14(8-10)20-3/h4-9,15,17H,1-3H3. The van der Waals surface area contributed by atoms with E-state index in [1.165, 1.54) is 0 Å². The SMILES string of the molecule is CNC(c1ccc(OC)c(OC)c1)c1ccncc1Cl. The van der Waals surface area contributed by atoms with Gasteiger partial charge >= 0.3 is 0 Å². The van der Waals surface area contributed by atoms with Crippen LogP contribution in [0.4, 0.5) is 0 Å². The molecule has 1 unspecified atom stereocenters. The summed E-state index contributed by atoms with van der Waals surface area (Å²) in [5.74, 6) is 1.39. The van der Waals surface area contributed by atoms with Crippen molar-refractivity contribution in [2.45, 2.75) is 6.04 Å². The van der Waals surface area contributed by atoms with Crippen LogP contribution in [-0.2, 0) is 0 Å². The minimum Gasteiger partial charge on any atom is -0.493 e. The maximum absolute atomic E-state index is 6.22. The van der Waals surface area contributed by atoms with Gasteiger partial charge in [0.1, 0.15) is 0 Å². The Morgan fingerprint density at radius 3 is 2.50 bits per heavy atom. The predicted molar refractivity (Wildman–Crippen MR) is 79.7 cm³/mol. The van der Waals surface area contributed by atoms with Gasteiger partial charge in [-0.3, -0.25) is 4.98 Å². The Bertz CT molecular complexity index is 590. The van der Waals surface area contributed by atoms with Gasteiger partial charge in [-0.1, -0.05) is 17.7 Å². The lowest BCUT2D eigenvalue weighted by Crippen LogP contribution is -2.18. The average Bonchev–Trinajstić information content (AvgIpc) is 2.49. The number of nitrogens with one attached hydrogen (secondary N) is 1. The molecule has 0 saturated heterocycles. The molecule has 1 aromatic carbocycles. The first-order chi connectivity index (χ1) is 9.71. The zero-order valence-corrected chi connectivity index (χ0v) is 12.4.